The number of hydrogen-bond donors (Lipinski definition) is 3. The number of nitrogens with one attached hydrogen (secondary N) is 1. The van der Waals surface area contributed by atoms with Gasteiger partial charge in [0.15, 0.2) is 0 Å². The molecule has 2 aromatic rings. The number of phenolic OH excluding ortho intramolecular Hbond substituents is 1. The maximum absolute atomic E-state index is 11.9. The smallest absolute Gasteiger partial charge is 0.326 e. The van der Waals surface area contributed by atoms with Gasteiger partial charge in [0.25, 0.3) is 0 Å². The molecule has 0 saturated carbocycles. The molecule has 0 fully saturated rings. The average molecular weight is 311 g/mol. The van der Waals surface area contributed by atoms with Gasteiger partial charge in [0.2, 0.25) is 5.91 Å². The fourth-order valence-corrected chi connectivity index (χ4v) is 2.03. The molecule has 5 nitrogen and oxygen atoms in total. The SMILES string of the molecule is O=C(/C=C/c1ccc(O)cc1)N[C@@H](Cc1ccccc1)C(=O)O. The zero-order chi connectivity index (χ0) is 16.7. The lowest BCUT2D eigenvalue weighted by molar-refractivity contribution is -0.141. The topological polar surface area (TPSA) is 86.6 Å². The Morgan fingerprint density at radius 3 is 2.30 bits per heavy atom. The number of phenols is 1. The van der Waals surface area contributed by atoms with Gasteiger partial charge in [-0.2, -0.15) is 0 Å². The lowest BCUT2D eigenvalue weighted by Gasteiger charge is -2.13. The van der Waals surface area contributed by atoms with Crippen molar-refractivity contribution in [2.24, 2.45) is 0 Å². The Labute approximate surface area is 133 Å². The highest BCUT2D eigenvalue weighted by Gasteiger charge is 2.19. The number of carboxylic acids is 1. The Bertz CT molecular complexity index is 693. The fourth-order valence-electron chi connectivity index (χ4n) is 2.03. The Kier molecular flexibility index (Phi) is 5.52. The van der Waals surface area contributed by atoms with E-state index in [0.29, 0.717) is 0 Å². The van der Waals surface area contributed by atoms with Crippen LogP contribution in [-0.4, -0.2) is 28.1 Å². The van der Waals surface area contributed by atoms with Gasteiger partial charge < -0.3 is 15.5 Å². The Balaban J connectivity index is 1.98. The van der Waals surface area contributed by atoms with Gasteiger partial charge in [-0.3, -0.25) is 4.79 Å². The molecular weight excluding hydrogens is 294 g/mol. The number of hydrogen-bond acceptors (Lipinski definition) is 3. The van der Waals surface area contributed by atoms with E-state index in [0.717, 1.165) is 11.1 Å². The molecule has 0 heterocycles. The molecule has 0 aromatic heterocycles. The van der Waals surface area contributed by atoms with Gasteiger partial charge in [0.1, 0.15) is 11.8 Å². The summed E-state index contributed by atoms with van der Waals surface area (Å²) in [6.07, 6.45) is 3.04. The fraction of sp³-hybridized carbons (Fsp3) is 0.111. The number of benzene rings is 2. The van der Waals surface area contributed by atoms with Crippen LogP contribution in [0.2, 0.25) is 0 Å². The van der Waals surface area contributed by atoms with Crippen LogP contribution < -0.4 is 5.32 Å². The highest BCUT2D eigenvalue weighted by Crippen LogP contribution is 2.10. The number of aromatic hydroxyl groups is 1. The van der Waals surface area contributed by atoms with Crippen LogP contribution in [0.1, 0.15) is 11.1 Å². The van der Waals surface area contributed by atoms with Crippen LogP contribution in [0, 0.1) is 0 Å². The van der Waals surface area contributed by atoms with Crippen molar-refractivity contribution in [3.63, 3.8) is 0 Å². The van der Waals surface area contributed by atoms with Crippen LogP contribution in [0.4, 0.5) is 0 Å². The molecule has 0 aliphatic heterocycles. The third kappa shape index (κ3) is 5.32. The Hall–Kier alpha value is -3.08. The lowest BCUT2D eigenvalue weighted by atomic mass is 10.1. The van der Waals surface area contributed by atoms with Gasteiger partial charge >= 0.3 is 5.97 Å². The van der Waals surface area contributed by atoms with Crippen LogP contribution in [-0.2, 0) is 16.0 Å². The molecule has 0 aliphatic rings. The molecule has 118 valence electrons. The summed E-state index contributed by atoms with van der Waals surface area (Å²) in [6.45, 7) is 0. The van der Waals surface area contributed by atoms with Crippen LogP contribution >= 0.6 is 0 Å². The van der Waals surface area contributed by atoms with E-state index >= 15 is 0 Å². The maximum Gasteiger partial charge on any atom is 0.326 e. The van der Waals surface area contributed by atoms with Crippen molar-refractivity contribution in [1.82, 2.24) is 5.32 Å². The first kappa shape index (κ1) is 16.3. The van der Waals surface area contributed by atoms with Crippen molar-refractivity contribution in [1.29, 1.82) is 0 Å². The molecule has 2 aromatic carbocycles. The van der Waals surface area contributed by atoms with E-state index in [4.69, 9.17) is 0 Å². The van der Waals surface area contributed by atoms with Crippen LogP contribution in [0.3, 0.4) is 0 Å². The summed E-state index contributed by atoms with van der Waals surface area (Å²) < 4.78 is 0. The normalized spacial score (nSPS) is 12.0. The monoisotopic (exact) mass is 311 g/mol. The number of rotatable bonds is 6. The van der Waals surface area contributed by atoms with Gasteiger partial charge in [-0.15, -0.1) is 0 Å². The van der Waals surface area contributed by atoms with E-state index in [1.807, 2.05) is 30.3 Å². The molecule has 0 spiro atoms. The molecule has 1 atom stereocenters. The van der Waals surface area contributed by atoms with Crippen molar-refractivity contribution in [3.8, 4) is 5.75 Å². The van der Waals surface area contributed by atoms with Gasteiger partial charge in [-0.25, -0.2) is 4.79 Å². The molecule has 0 bridgehead atoms. The number of aliphatic carboxylic acids is 1. The first-order valence-corrected chi connectivity index (χ1v) is 7.09. The van der Waals surface area contributed by atoms with Gasteiger partial charge in [-0.05, 0) is 29.3 Å². The summed E-state index contributed by atoms with van der Waals surface area (Å²) in [6, 6.07) is 14.4. The third-order valence-electron chi connectivity index (χ3n) is 3.22. The van der Waals surface area contributed by atoms with Gasteiger partial charge in [0.05, 0.1) is 0 Å². The third-order valence-corrected chi connectivity index (χ3v) is 3.22. The van der Waals surface area contributed by atoms with Crippen molar-refractivity contribution in [3.05, 3.63) is 71.8 Å². The van der Waals surface area contributed by atoms with E-state index in [1.165, 1.54) is 18.2 Å². The Morgan fingerprint density at radius 2 is 1.70 bits per heavy atom. The molecule has 23 heavy (non-hydrogen) atoms. The summed E-state index contributed by atoms with van der Waals surface area (Å²) in [4.78, 5) is 23.2. The number of carbonyl (C=O) groups is 2. The molecule has 0 radical (unpaired) electrons. The Morgan fingerprint density at radius 1 is 1.04 bits per heavy atom. The molecule has 1 amide bonds. The zero-order valence-electron chi connectivity index (χ0n) is 12.3. The molecule has 3 N–H and O–H groups in total. The van der Waals surface area contributed by atoms with E-state index < -0.39 is 17.9 Å². The van der Waals surface area contributed by atoms with E-state index in [1.54, 1.807) is 18.2 Å². The number of carboxylic acid groups (broad SMARTS) is 1. The van der Waals surface area contributed by atoms with Gasteiger partial charge in [-0.1, -0.05) is 42.5 Å². The molecule has 2 rings (SSSR count). The largest absolute Gasteiger partial charge is 0.508 e. The molecule has 5 heteroatoms. The van der Waals surface area contributed by atoms with Gasteiger partial charge in [0, 0.05) is 12.5 Å². The molecule has 0 aliphatic carbocycles. The number of carbonyl (C=O) groups excluding carboxylic acids is 1. The quantitative estimate of drug-likeness (QED) is 0.714. The molecular formula is C18H17NO4. The number of amides is 1. The zero-order valence-corrected chi connectivity index (χ0v) is 12.3. The minimum atomic E-state index is -1.08. The van der Waals surface area contributed by atoms with Crippen molar-refractivity contribution >= 4 is 18.0 Å². The molecule has 0 saturated heterocycles. The minimum absolute atomic E-state index is 0.139. The standard InChI is InChI=1S/C18H17NO4/c20-15-9-6-13(7-10-15)8-11-17(21)19-16(18(22)23)12-14-4-2-1-3-5-14/h1-11,16,20H,12H2,(H,19,21)(H,22,23)/b11-8+/t16-/m0/s1. The van der Waals surface area contributed by atoms with Crippen molar-refractivity contribution in [2.45, 2.75) is 12.5 Å². The first-order valence-electron chi connectivity index (χ1n) is 7.09. The summed E-state index contributed by atoms with van der Waals surface area (Å²) in [5, 5.41) is 20.9. The van der Waals surface area contributed by atoms with Crippen LogP contribution in [0.15, 0.2) is 60.7 Å². The van der Waals surface area contributed by atoms with Crippen LogP contribution in [0.25, 0.3) is 6.08 Å². The van der Waals surface area contributed by atoms with Crippen molar-refractivity contribution < 1.29 is 19.8 Å². The van der Waals surface area contributed by atoms with E-state index in [-0.39, 0.29) is 12.2 Å². The predicted molar refractivity (Wildman–Crippen MR) is 86.9 cm³/mol. The summed E-state index contributed by atoms with van der Waals surface area (Å²) >= 11 is 0. The second-order valence-corrected chi connectivity index (χ2v) is 5.01. The highest BCUT2D eigenvalue weighted by atomic mass is 16.4. The highest BCUT2D eigenvalue weighted by molar-refractivity contribution is 5.94. The summed E-state index contributed by atoms with van der Waals surface area (Å²) in [7, 11) is 0. The van der Waals surface area contributed by atoms with Crippen molar-refractivity contribution in [2.75, 3.05) is 0 Å². The second kappa shape index (κ2) is 7.79. The second-order valence-electron chi connectivity index (χ2n) is 5.01. The minimum Gasteiger partial charge on any atom is -0.508 e. The van der Waals surface area contributed by atoms with E-state index in [9.17, 15) is 19.8 Å². The van der Waals surface area contributed by atoms with Crippen LogP contribution in [0.5, 0.6) is 5.75 Å². The summed E-state index contributed by atoms with van der Waals surface area (Å²) in [5.74, 6) is -1.43. The average Bonchev–Trinajstić information content (AvgIpc) is 2.54. The molecule has 0 unspecified atom stereocenters. The summed E-state index contributed by atoms with van der Waals surface area (Å²) in [5.41, 5.74) is 1.57. The lowest BCUT2D eigenvalue weighted by Crippen LogP contribution is -2.41. The predicted octanol–water partition coefficient (Wildman–Crippen LogP) is 2.22. The first-order chi connectivity index (χ1) is 11.0. The van der Waals surface area contributed by atoms with E-state index in [2.05, 4.69) is 5.32 Å². The maximum atomic E-state index is 11.9.